The fourth-order valence-electron chi connectivity index (χ4n) is 2.85. The monoisotopic (exact) mass is 342 g/mol. The van der Waals surface area contributed by atoms with E-state index >= 15 is 0 Å². The van der Waals surface area contributed by atoms with E-state index in [0.29, 0.717) is 12.5 Å². The van der Waals surface area contributed by atoms with Crippen LogP contribution in [0.4, 0.5) is 4.79 Å². The van der Waals surface area contributed by atoms with Crippen LogP contribution in [0.1, 0.15) is 41.0 Å². The first kappa shape index (κ1) is 16.9. The summed E-state index contributed by atoms with van der Waals surface area (Å²) in [4.78, 5) is 12.6. The van der Waals surface area contributed by atoms with Gasteiger partial charge in [0, 0.05) is 10.5 Å². The molecule has 0 aliphatic heterocycles. The molecule has 4 heteroatoms. The van der Waals surface area contributed by atoms with Gasteiger partial charge in [0.25, 0.3) is 0 Å². The second kappa shape index (κ2) is 7.31. The number of ether oxygens (including phenoxy) is 2. The molecule has 126 valence electrons. The van der Waals surface area contributed by atoms with E-state index in [2.05, 4.69) is 32.0 Å². The van der Waals surface area contributed by atoms with E-state index in [4.69, 9.17) is 9.47 Å². The first-order valence-electron chi connectivity index (χ1n) is 8.16. The van der Waals surface area contributed by atoms with E-state index in [-0.39, 0.29) is 5.30 Å². The van der Waals surface area contributed by atoms with Crippen LogP contribution in [-0.2, 0) is 11.3 Å². The van der Waals surface area contributed by atoms with Crippen LogP contribution >= 0.6 is 11.8 Å². The Morgan fingerprint density at radius 1 is 1.21 bits per heavy atom. The topological polar surface area (TPSA) is 35.5 Å². The lowest BCUT2D eigenvalue weighted by atomic mass is 10.0. The predicted octanol–water partition coefficient (Wildman–Crippen LogP) is 5.62. The van der Waals surface area contributed by atoms with Gasteiger partial charge in [0.05, 0.1) is 7.11 Å². The van der Waals surface area contributed by atoms with E-state index in [1.165, 1.54) is 31.1 Å². The summed E-state index contributed by atoms with van der Waals surface area (Å²) in [6, 6.07) is 12.3. The van der Waals surface area contributed by atoms with Crippen molar-refractivity contribution in [1.29, 1.82) is 0 Å². The maximum atomic E-state index is 11.7. The normalized spacial score (nSPS) is 13.6. The zero-order valence-electron chi connectivity index (χ0n) is 14.3. The molecule has 0 bridgehead atoms. The third-order valence-corrected chi connectivity index (χ3v) is 5.18. The number of benzene rings is 2. The molecule has 0 amide bonds. The molecule has 0 spiro atoms. The minimum absolute atomic E-state index is 0.296. The maximum Gasteiger partial charge on any atom is 0.371 e. The van der Waals surface area contributed by atoms with Crippen LogP contribution < -0.4 is 4.74 Å². The third kappa shape index (κ3) is 3.93. The highest BCUT2D eigenvalue weighted by atomic mass is 32.2. The number of carbonyl (C=O) groups is 1. The van der Waals surface area contributed by atoms with Crippen LogP contribution in [0.3, 0.4) is 0 Å². The largest absolute Gasteiger partial charge is 0.489 e. The van der Waals surface area contributed by atoms with Crippen molar-refractivity contribution in [2.75, 3.05) is 7.11 Å². The number of hydrogen-bond donors (Lipinski definition) is 0. The Balaban J connectivity index is 1.85. The fourth-order valence-corrected chi connectivity index (χ4v) is 3.56. The van der Waals surface area contributed by atoms with Gasteiger partial charge in [-0.1, -0.05) is 29.8 Å². The van der Waals surface area contributed by atoms with Gasteiger partial charge in [0.2, 0.25) is 0 Å². The van der Waals surface area contributed by atoms with Crippen molar-refractivity contribution in [3.8, 4) is 5.75 Å². The molecule has 0 atom stereocenters. The molecule has 0 heterocycles. The van der Waals surface area contributed by atoms with Gasteiger partial charge in [-0.2, -0.15) is 0 Å². The van der Waals surface area contributed by atoms with E-state index in [9.17, 15) is 4.79 Å². The highest BCUT2D eigenvalue weighted by molar-refractivity contribution is 8.13. The lowest BCUT2D eigenvalue weighted by Crippen LogP contribution is -2.04. The summed E-state index contributed by atoms with van der Waals surface area (Å²) in [6.45, 7) is 4.60. The van der Waals surface area contributed by atoms with Crippen molar-refractivity contribution in [3.05, 3.63) is 58.7 Å². The summed E-state index contributed by atoms with van der Waals surface area (Å²) < 4.78 is 10.9. The summed E-state index contributed by atoms with van der Waals surface area (Å²) in [5.41, 5.74) is 4.75. The quantitative estimate of drug-likeness (QED) is 0.522. The van der Waals surface area contributed by atoms with Crippen molar-refractivity contribution in [1.82, 2.24) is 0 Å². The lowest BCUT2D eigenvalue weighted by Gasteiger charge is -2.16. The van der Waals surface area contributed by atoms with Crippen LogP contribution in [0.2, 0.25) is 0 Å². The van der Waals surface area contributed by atoms with Gasteiger partial charge in [-0.15, -0.1) is 0 Å². The molecule has 0 saturated heterocycles. The predicted molar refractivity (Wildman–Crippen MR) is 96.9 cm³/mol. The summed E-state index contributed by atoms with van der Waals surface area (Å²) in [5.74, 6) is 1.49. The van der Waals surface area contributed by atoms with Gasteiger partial charge < -0.3 is 9.47 Å². The van der Waals surface area contributed by atoms with Gasteiger partial charge in [0.1, 0.15) is 12.4 Å². The second-order valence-electron chi connectivity index (χ2n) is 6.21. The Labute approximate surface area is 147 Å². The van der Waals surface area contributed by atoms with Crippen LogP contribution in [0.15, 0.2) is 41.3 Å². The van der Waals surface area contributed by atoms with Gasteiger partial charge >= 0.3 is 5.30 Å². The first-order valence-corrected chi connectivity index (χ1v) is 8.97. The van der Waals surface area contributed by atoms with E-state index in [1.54, 1.807) is 0 Å². The van der Waals surface area contributed by atoms with Crippen molar-refractivity contribution in [2.45, 2.75) is 44.1 Å². The number of rotatable bonds is 5. The average Bonchev–Trinajstić information content (AvgIpc) is 3.39. The molecule has 2 aromatic rings. The summed E-state index contributed by atoms with van der Waals surface area (Å²) in [7, 11) is 1.41. The number of hydrogen-bond acceptors (Lipinski definition) is 4. The van der Waals surface area contributed by atoms with E-state index in [1.807, 2.05) is 18.2 Å². The number of thioether (sulfide) groups is 1. The molecule has 1 fully saturated rings. The van der Waals surface area contributed by atoms with Crippen LogP contribution in [0.5, 0.6) is 5.75 Å². The maximum absolute atomic E-state index is 11.7. The number of methoxy groups -OCH3 is 1. The SMILES string of the molecule is COC(=O)Sc1cccc(C2CC2)c1COc1ccc(C)cc1C. The van der Waals surface area contributed by atoms with Crippen molar-refractivity contribution < 1.29 is 14.3 Å². The van der Waals surface area contributed by atoms with Gasteiger partial charge in [-0.3, -0.25) is 0 Å². The zero-order chi connectivity index (χ0) is 17.1. The summed E-state index contributed by atoms with van der Waals surface area (Å²) >= 11 is 1.13. The Morgan fingerprint density at radius 3 is 2.67 bits per heavy atom. The molecule has 0 aromatic heterocycles. The van der Waals surface area contributed by atoms with E-state index in [0.717, 1.165) is 33.5 Å². The minimum Gasteiger partial charge on any atom is -0.489 e. The molecule has 1 aliphatic carbocycles. The first-order chi connectivity index (χ1) is 11.6. The molecule has 2 aromatic carbocycles. The third-order valence-electron chi connectivity index (χ3n) is 4.25. The molecule has 0 radical (unpaired) electrons. The van der Waals surface area contributed by atoms with Gasteiger partial charge in [0.15, 0.2) is 0 Å². The standard InChI is InChI=1S/C20H22O3S/c1-13-7-10-18(14(2)11-13)23-12-17-16(15-8-9-15)5-4-6-19(17)24-20(21)22-3/h4-7,10-11,15H,8-9,12H2,1-3H3. The number of carbonyl (C=O) groups excluding carboxylic acids is 1. The molecule has 1 saturated carbocycles. The molecular weight excluding hydrogens is 320 g/mol. The second-order valence-corrected chi connectivity index (χ2v) is 7.19. The van der Waals surface area contributed by atoms with Crippen LogP contribution in [0.25, 0.3) is 0 Å². The Hall–Kier alpha value is -1.94. The van der Waals surface area contributed by atoms with Crippen molar-refractivity contribution in [3.63, 3.8) is 0 Å². The Bertz CT molecular complexity index is 751. The van der Waals surface area contributed by atoms with Crippen LogP contribution in [0, 0.1) is 13.8 Å². The summed E-state index contributed by atoms with van der Waals surface area (Å²) in [6.07, 6.45) is 2.42. The van der Waals surface area contributed by atoms with Gasteiger partial charge in [-0.25, -0.2) is 4.79 Å². The molecule has 24 heavy (non-hydrogen) atoms. The van der Waals surface area contributed by atoms with E-state index < -0.39 is 0 Å². The lowest BCUT2D eigenvalue weighted by molar-refractivity contribution is 0.200. The molecule has 3 nitrogen and oxygen atoms in total. The van der Waals surface area contributed by atoms with Gasteiger partial charge in [-0.05, 0) is 67.6 Å². The zero-order valence-corrected chi connectivity index (χ0v) is 15.1. The molecule has 0 unspecified atom stereocenters. The Kier molecular flexibility index (Phi) is 5.14. The molecule has 0 N–H and O–H groups in total. The van der Waals surface area contributed by atoms with Crippen molar-refractivity contribution >= 4 is 17.1 Å². The highest BCUT2D eigenvalue weighted by Crippen LogP contribution is 2.44. The molecule has 3 rings (SSSR count). The van der Waals surface area contributed by atoms with Crippen molar-refractivity contribution in [2.24, 2.45) is 0 Å². The Morgan fingerprint density at radius 2 is 2.00 bits per heavy atom. The van der Waals surface area contributed by atoms with Crippen LogP contribution in [-0.4, -0.2) is 12.4 Å². The fraction of sp³-hybridized carbons (Fsp3) is 0.350. The minimum atomic E-state index is -0.296. The number of aryl methyl sites for hydroxylation is 2. The smallest absolute Gasteiger partial charge is 0.371 e. The molecule has 1 aliphatic rings. The summed E-state index contributed by atoms with van der Waals surface area (Å²) in [5, 5.41) is -0.296. The molecular formula is C20H22O3S. The highest BCUT2D eigenvalue weighted by Gasteiger charge is 2.27. The average molecular weight is 342 g/mol.